The van der Waals surface area contributed by atoms with Crippen LogP contribution in [0.2, 0.25) is 0 Å². The van der Waals surface area contributed by atoms with Gasteiger partial charge in [0.15, 0.2) is 5.78 Å². The van der Waals surface area contributed by atoms with Crippen molar-refractivity contribution in [1.82, 2.24) is 0 Å². The zero-order chi connectivity index (χ0) is 13.9. The average Bonchev–Trinajstić information content (AvgIpc) is 2.38. The Balaban J connectivity index is 2.30. The Morgan fingerprint density at radius 2 is 2.26 bits per heavy atom. The summed E-state index contributed by atoms with van der Waals surface area (Å²) >= 11 is 3.39. The van der Waals surface area contributed by atoms with Crippen LogP contribution < -0.4 is 4.74 Å². The largest absolute Gasteiger partial charge is 0.484 e. The number of rotatable bonds is 5. The summed E-state index contributed by atoms with van der Waals surface area (Å²) in [6, 6.07) is 5.58. The minimum atomic E-state index is -0.497. The zero-order valence-corrected chi connectivity index (χ0v) is 13.0. The first-order valence-corrected chi connectivity index (χ1v) is 7.40. The summed E-state index contributed by atoms with van der Waals surface area (Å²) in [6.45, 7) is 2.59. The Hall–Kier alpha value is -0.870. The number of halogens is 1. The van der Waals surface area contributed by atoms with Gasteiger partial charge in [0.05, 0.1) is 18.6 Å². The third-order valence-corrected chi connectivity index (χ3v) is 3.94. The predicted octanol–water partition coefficient (Wildman–Crippen LogP) is 3.99. The fourth-order valence-corrected chi connectivity index (χ4v) is 2.88. The molecule has 0 amide bonds. The summed E-state index contributed by atoms with van der Waals surface area (Å²) < 4.78 is 12.3. The number of ketones is 1. The molecule has 0 bridgehead atoms. The van der Waals surface area contributed by atoms with Gasteiger partial charge >= 0.3 is 0 Å². The lowest BCUT2D eigenvalue weighted by Crippen LogP contribution is -2.45. The Morgan fingerprint density at radius 1 is 1.47 bits per heavy atom. The van der Waals surface area contributed by atoms with Gasteiger partial charge in [-0.15, -0.1) is 0 Å². The fourth-order valence-electron chi connectivity index (χ4n) is 2.52. The molecule has 3 nitrogen and oxygen atoms in total. The van der Waals surface area contributed by atoms with Crippen LogP contribution in [0, 0.1) is 0 Å². The number of carbonyl (C=O) groups is 1. The predicted molar refractivity (Wildman–Crippen MR) is 77.8 cm³/mol. The molecule has 1 aliphatic rings. The van der Waals surface area contributed by atoms with E-state index >= 15 is 0 Å². The normalized spacial score (nSPS) is 21.9. The van der Waals surface area contributed by atoms with Gasteiger partial charge < -0.3 is 9.47 Å². The maximum atomic E-state index is 12.3. The summed E-state index contributed by atoms with van der Waals surface area (Å²) in [6.07, 6.45) is 3.35. The second kappa shape index (κ2) is 6.06. The monoisotopic (exact) mass is 326 g/mol. The van der Waals surface area contributed by atoms with Gasteiger partial charge in [-0.3, -0.25) is 4.79 Å². The van der Waals surface area contributed by atoms with Gasteiger partial charge in [0.1, 0.15) is 11.4 Å². The highest BCUT2D eigenvalue weighted by Crippen LogP contribution is 2.37. The molecule has 0 aromatic heterocycles. The highest BCUT2D eigenvalue weighted by atomic mass is 79.9. The van der Waals surface area contributed by atoms with Crippen LogP contribution in [-0.2, 0) is 4.74 Å². The number of ether oxygens (including phenoxy) is 2. The quantitative estimate of drug-likeness (QED) is 0.820. The maximum Gasteiger partial charge on any atom is 0.170 e. The molecule has 1 heterocycles. The third kappa shape index (κ3) is 3.18. The van der Waals surface area contributed by atoms with Crippen molar-refractivity contribution in [1.29, 1.82) is 0 Å². The Kier molecular flexibility index (Phi) is 4.63. The molecule has 0 N–H and O–H groups in total. The number of benzene rings is 1. The Bertz CT molecular complexity index is 472. The van der Waals surface area contributed by atoms with Gasteiger partial charge in [-0.05, 0) is 31.0 Å². The summed E-state index contributed by atoms with van der Waals surface area (Å²) in [5, 5.41) is 0. The number of hydrogen-bond acceptors (Lipinski definition) is 3. The van der Waals surface area contributed by atoms with Gasteiger partial charge in [-0.25, -0.2) is 0 Å². The van der Waals surface area contributed by atoms with Crippen LogP contribution in [-0.4, -0.2) is 25.1 Å². The number of fused-ring (bicyclic) bond motifs is 1. The fraction of sp³-hybridized carbons (Fsp3) is 0.533. The van der Waals surface area contributed by atoms with Gasteiger partial charge in [0.25, 0.3) is 0 Å². The second-order valence-electron chi connectivity index (χ2n) is 5.06. The van der Waals surface area contributed by atoms with Gasteiger partial charge in [0, 0.05) is 11.6 Å². The van der Waals surface area contributed by atoms with Crippen molar-refractivity contribution >= 4 is 21.7 Å². The minimum absolute atomic E-state index is 0.135. The molecule has 1 aliphatic heterocycles. The highest BCUT2D eigenvalue weighted by molar-refractivity contribution is 9.10. The molecule has 1 atom stereocenters. The van der Waals surface area contributed by atoms with E-state index in [1.54, 1.807) is 7.11 Å². The van der Waals surface area contributed by atoms with E-state index in [0.717, 1.165) is 23.7 Å². The summed E-state index contributed by atoms with van der Waals surface area (Å²) in [4.78, 5) is 12.3. The molecule has 0 radical (unpaired) electrons. The maximum absolute atomic E-state index is 12.3. The van der Waals surface area contributed by atoms with E-state index in [1.807, 2.05) is 18.2 Å². The molecule has 104 valence electrons. The number of hydrogen-bond donors (Lipinski definition) is 0. The molecule has 0 fully saturated rings. The van der Waals surface area contributed by atoms with E-state index in [2.05, 4.69) is 22.9 Å². The van der Waals surface area contributed by atoms with Crippen LogP contribution in [0.4, 0.5) is 0 Å². The third-order valence-electron chi connectivity index (χ3n) is 3.44. The van der Waals surface area contributed by atoms with Crippen molar-refractivity contribution < 1.29 is 14.3 Å². The average molecular weight is 327 g/mol. The van der Waals surface area contributed by atoms with E-state index in [9.17, 15) is 4.79 Å². The standard InChI is InChI=1S/C15H19BrO3/c1-3-4-7-15(10-18-2)9-13(17)12-8-11(16)5-6-14(12)19-15/h5-6,8H,3-4,7,9-10H2,1-2H3. The van der Waals surface area contributed by atoms with Crippen LogP contribution in [0.25, 0.3) is 0 Å². The smallest absolute Gasteiger partial charge is 0.170 e. The van der Waals surface area contributed by atoms with Crippen molar-refractivity contribution in [2.75, 3.05) is 13.7 Å². The molecular weight excluding hydrogens is 308 g/mol. The molecule has 19 heavy (non-hydrogen) atoms. The minimum Gasteiger partial charge on any atom is -0.484 e. The lowest BCUT2D eigenvalue weighted by Gasteiger charge is -2.37. The molecule has 0 saturated heterocycles. The van der Waals surface area contributed by atoms with Crippen molar-refractivity contribution in [3.8, 4) is 5.75 Å². The first-order chi connectivity index (χ1) is 9.10. The summed E-state index contributed by atoms with van der Waals surface area (Å²) in [5.74, 6) is 0.809. The molecule has 1 unspecified atom stereocenters. The molecule has 2 rings (SSSR count). The number of Topliss-reactive ketones (excluding diaryl/α,β-unsaturated/α-hetero) is 1. The Labute approximate surface area is 122 Å². The Morgan fingerprint density at radius 3 is 2.95 bits per heavy atom. The zero-order valence-electron chi connectivity index (χ0n) is 11.4. The highest BCUT2D eigenvalue weighted by Gasteiger charge is 2.40. The topological polar surface area (TPSA) is 35.5 Å². The van der Waals surface area contributed by atoms with Crippen LogP contribution >= 0.6 is 15.9 Å². The number of carbonyl (C=O) groups excluding carboxylic acids is 1. The summed E-state index contributed by atoms with van der Waals surface area (Å²) in [7, 11) is 1.65. The SMILES string of the molecule is CCCCC1(COC)CC(=O)c2cc(Br)ccc2O1. The van der Waals surface area contributed by atoms with E-state index < -0.39 is 5.60 Å². The van der Waals surface area contributed by atoms with Gasteiger partial charge in [0.2, 0.25) is 0 Å². The molecular formula is C15H19BrO3. The first kappa shape index (κ1) is 14.5. The van der Waals surface area contributed by atoms with E-state index in [1.165, 1.54) is 0 Å². The van der Waals surface area contributed by atoms with Crippen LogP contribution in [0.15, 0.2) is 22.7 Å². The molecule has 0 saturated carbocycles. The van der Waals surface area contributed by atoms with Crippen molar-refractivity contribution in [2.45, 2.75) is 38.2 Å². The van der Waals surface area contributed by atoms with Gasteiger partial charge in [-0.1, -0.05) is 29.3 Å². The summed E-state index contributed by atoms with van der Waals surface area (Å²) in [5.41, 5.74) is 0.167. The number of methoxy groups -OCH3 is 1. The first-order valence-electron chi connectivity index (χ1n) is 6.61. The van der Waals surface area contributed by atoms with Crippen LogP contribution in [0.3, 0.4) is 0 Å². The molecule has 0 spiro atoms. The van der Waals surface area contributed by atoms with E-state index in [0.29, 0.717) is 24.3 Å². The van der Waals surface area contributed by atoms with Crippen molar-refractivity contribution in [2.24, 2.45) is 0 Å². The molecule has 1 aromatic rings. The lowest BCUT2D eigenvalue weighted by atomic mass is 9.86. The second-order valence-corrected chi connectivity index (χ2v) is 5.98. The van der Waals surface area contributed by atoms with Crippen molar-refractivity contribution in [3.05, 3.63) is 28.2 Å². The van der Waals surface area contributed by atoms with Crippen LogP contribution in [0.1, 0.15) is 43.0 Å². The molecule has 4 heteroatoms. The lowest BCUT2D eigenvalue weighted by molar-refractivity contribution is -0.0255. The number of unbranched alkanes of at least 4 members (excludes halogenated alkanes) is 1. The molecule has 0 aliphatic carbocycles. The van der Waals surface area contributed by atoms with Crippen LogP contribution in [0.5, 0.6) is 5.75 Å². The molecule has 1 aromatic carbocycles. The van der Waals surface area contributed by atoms with E-state index in [4.69, 9.17) is 9.47 Å². The van der Waals surface area contributed by atoms with E-state index in [-0.39, 0.29) is 5.78 Å². The van der Waals surface area contributed by atoms with Crippen molar-refractivity contribution in [3.63, 3.8) is 0 Å². The van der Waals surface area contributed by atoms with Gasteiger partial charge in [-0.2, -0.15) is 0 Å².